The van der Waals surface area contributed by atoms with Crippen molar-refractivity contribution in [3.63, 3.8) is 0 Å². The van der Waals surface area contributed by atoms with Gasteiger partial charge in [-0.2, -0.15) is 0 Å². The van der Waals surface area contributed by atoms with Gasteiger partial charge < -0.3 is 20.3 Å². The molecule has 0 fully saturated rings. The number of rotatable bonds is 56. The zero-order valence-electron chi connectivity index (χ0n) is 44.7. The summed E-state index contributed by atoms with van der Waals surface area (Å²) in [6.45, 7) is 4.94. The SMILES string of the molecule is CCCCCCCC/C=C\CCCCCCCCCCCC(=O)OCCCCCCCCCCCCCCCCCCCCCCCC(=O)NC(CO)C(O)CCCCCCCCCCC. The van der Waals surface area contributed by atoms with E-state index < -0.39 is 12.1 Å². The number of nitrogens with one attached hydrogen (secondary N) is 1. The summed E-state index contributed by atoms with van der Waals surface area (Å²) in [5.41, 5.74) is 0. The van der Waals surface area contributed by atoms with Crippen LogP contribution < -0.4 is 5.32 Å². The second kappa shape index (κ2) is 56.2. The van der Waals surface area contributed by atoms with Gasteiger partial charge in [-0.15, -0.1) is 0 Å². The fraction of sp³-hybridized carbons (Fsp3) is 0.933. The smallest absolute Gasteiger partial charge is 0.305 e. The van der Waals surface area contributed by atoms with Crippen molar-refractivity contribution in [3.8, 4) is 0 Å². The third kappa shape index (κ3) is 52.0. The highest BCUT2D eigenvalue weighted by molar-refractivity contribution is 5.76. The lowest BCUT2D eigenvalue weighted by Crippen LogP contribution is -2.45. The number of unbranched alkanes of at least 4 members (excludes halogenated alkanes) is 43. The third-order valence-electron chi connectivity index (χ3n) is 14.1. The number of carbonyl (C=O) groups is 2. The Morgan fingerprint density at radius 1 is 0.409 bits per heavy atom. The van der Waals surface area contributed by atoms with E-state index in [0.717, 1.165) is 44.9 Å². The zero-order valence-corrected chi connectivity index (χ0v) is 44.7. The molecule has 0 saturated heterocycles. The summed E-state index contributed by atoms with van der Waals surface area (Å²) in [7, 11) is 0. The molecule has 0 aromatic carbocycles. The molecule has 6 nitrogen and oxygen atoms in total. The van der Waals surface area contributed by atoms with E-state index in [1.165, 1.54) is 257 Å². The largest absolute Gasteiger partial charge is 0.466 e. The molecule has 0 aromatic rings. The number of hydrogen-bond acceptors (Lipinski definition) is 5. The van der Waals surface area contributed by atoms with E-state index in [0.29, 0.717) is 25.9 Å². The molecule has 0 bridgehead atoms. The normalized spacial score (nSPS) is 12.6. The van der Waals surface area contributed by atoms with E-state index in [-0.39, 0.29) is 18.5 Å². The van der Waals surface area contributed by atoms with Crippen LogP contribution in [0.5, 0.6) is 0 Å². The Morgan fingerprint density at radius 3 is 1.08 bits per heavy atom. The highest BCUT2D eigenvalue weighted by Crippen LogP contribution is 2.18. The van der Waals surface area contributed by atoms with Gasteiger partial charge in [-0.3, -0.25) is 9.59 Å². The van der Waals surface area contributed by atoms with Gasteiger partial charge in [-0.1, -0.05) is 283 Å². The quantitative estimate of drug-likeness (QED) is 0.0321. The van der Waals surface area contributed by atoms with Crippen molar-refractivity contribution in [2.24, 2.45) is 0 Å². The molecule has 66 heavy (non-hydrogen) atoms. The molecule has 3 N–H and O–H groups in total. The second-order valence-electron chi connectivity index (χ2n) is 20.7. The van der Waals surface area contributed by atoms with Gasteiger partial charge in [0.05, 0.1) is 25.4 Å². The van der Waals surface area contributed by atoms with Crippen LogP contribution in [0.4, 0.5) is 0 Å². The average molecular weight is 933 g/mol. The maximum Gasteiger partial charge on any atom is 0.305 e. The minimum atomic E-state index is -0.662. The Balaban J connectivity index is 3.33. The predicted molar refractivity (Wildman–Crippen MR) is 287 cm³/mol. The van der Waals surface area contributed by atoms with Crippen LogP contribution in [0.3, 0.4) is 0 Å². The fourth-order valence-corrected chi connectivity index (χ4v) is 9.46. The minimum Gasteiger partial charge on any atom is -0.466 e. The number of amides is 1. The molecule has 0 spiro atoms. The number of aliphatic hydroxyl groups is 2. The van der Waals surface area contributed by atoms with Crippen LogP contribution >= 0.6 is 0 Å². The van der Waals surface area contributed by atoms with Gasteiger partial charge in [-0.25, -0.2) is 0 Å². The maximum atomic E-state index is 12.4. The highest BCUT2D eigenvalue weighted by Gasteiger charge is 2.20. The van der Waals surface area contributed by atoms with Crippen molar-refractivity contribution in [1.29, 1.82) is 0 Å². The van der Waals surface area contributed by atoms with Crippen LogP contribution in [0.25, 0.3) is 0 Å². The van der Waals surface area contributed by atoms with E-state index in [2.05, 4.69) is 31.3 Å². The summed E-state index contributed by atoms with van der Waals surface area (Å²) >= 11 is 0. The van der Waals surface area contributed by atoms with Gasteiger partial charge in [0, 0.05) is 12.8 Å². The van der Waals surface area contributed by atoms with Crippen LogP contribution in [0, 0.1) is 0 Å². The van der Waals surface area contributed by atoms with Crippen LogP contribution in [0.1, 0.15) is 335 Å². The van der Waals surface area contributed by atoms with Gasteiger partial charge in [0.2, 0.25) is 5.91 Å². The first kappa shape index (κ1) is 64.6. The topological polar surface area (TPSA) is 95.9 Å². The Bertz CT molecular complexity index is 986. The predicted octanol–water partition coefficient (Wildman–Crippen LogP) is 18.5. The zero-order chi connectivity index (χ0) is 47.9. The van der Waals surface area contributed by atoms with Crippen molar-refractivity contribution >= 4 is 11.9 Å². The van der Waals surface area contributed by atoms with Crippen molar-refractivity contribution < 1.29 is 24.5 Å². The first-order valence-electron chi connectivity index (χ1n) is 29.9. The van der Waals surface area contributed by atoms with E-state index in [4.69, 9.17) is 4.74 Å². The molecule has 392 valence electrons. The van der Waals surface area contributed by atoms with E-state index in [9.17, 15) is 19.8 Å². The molecular formula is C60H117NO5. The van der Waals surface area contributed by atoms with Crippen LogP contribution in [0.15, 0.2) is 12.2 Å². The number of carbonyl (C=O) groups excluding carboxylic acids is 2. The molecule has 0 heterocycles. The Hall–Kier alpha value is -1.40. The molecule has 0 rings (SSSR count). The molecule has 0 aliphatic carbocycles. The molecule has 6 heteroatoms. The van der Waals surface area contributed by atoms with Crippen molar-refractivity contribution in [3.05, 3.63) is 12.2 Å². The number of aliphatic hydroxyl groups excluding tert-OH is 2. The molecule has 0 aliphatic heterocycles. The lowest BCUT2D eigenvalue weighted by atomic mass is 10.0. The van der Waals surface area contributed by atoms with Gasteiger partial charge in [-0.05, 0) is 51.4 Å². The summed E-state index contributed by atoms with van der Waals surface area (Å²) in [6, 6.07) is -0.539. The molecule has 2 unspecified atom stereocenters. The van der Waals surface area contributed by atoms with Crippen molar-refractivity contribution in [2.75, 3.05) is 13.2 Å². The molecule has 0 aliphatic rings. The molecular weight excluding hydrogens is 815 g/mol. The first-order valence-corrected chi connectivity index (χ1v) is 29.9. The van der Waals surface area contributed by atoms with E-state index in [1.807, 2.05) is 0 Å². The summed E-state index contributed by atoms with van der Waals surface area (Å²) in [6.07, 6.45) is 66.5. The Morgan fingerprint density at radius 2 is 0.712 bits per heavy atom. The summed E-state index contributed by atoms with van der Waals surface area (Å²) in [5, 5.41) is 23.1. The van der Waals surface area contributed by atoms with Gasteiger partial charge in [0.15, 0.2) is 0 Å². The summed E-state index contributed by atoms with van der Waals surface area (Å²) in [4.78, 5) is 24.5. The second-order valence-corrected chi connectivity index (χ2v) is 20.7. The Kier molecular flexibility index (Phi) is 55.0. The molecule has 1 amide bonds. The first-order chi connectivity index (χ1) is 32.5. The fourth-order valence-electron chi connectivity index (χ4n) is 9.46. The lowest BCUT2D eigenvalue weighted by Gasteiger charge is -2.22. The molecule has 0 aromatic heterocycles. The number of hydrogen-bond donors (Lipinski definition) is 3. The van der Waals surface area contributed by atoms with Gasteiger partial charge in [0.1, 0.15) is 0 Å². The monoisotopic (exact) mass is 932 g/mol. The minimum absolute atomic E-state index is 0.0120. The number of ether oxygens (including phenoxy) is 1. The molecule has 2 atom stereocenters. The number of allylic oxidation sites excluding steroid dienone is 2. The van der Waals surface area contributed by atoms with Gasteiger partial charge >= 0.3 is 5.97 Å². The summed E-state index contributed by atoms with van der Waals surface area (Å²) in [5.74, 6) is -0.0252. The van der Waals surface area contributed by atoms with Crippen LogP contribution in [-0.4, -0.2) is 47.4 Å². The van der Waals surface area contributed by atoms with E-state index in [1.54, 1.807) is 0 Å². The summed E-state index contributed by atoms with van der Waals surface area (Å²) < 4.78 is 5.50. The van der Waals surface area contributed by atoms with Crippen LogP contribution in [-0.2, 0) is 14.3 Å². The van der Waals surface area contributed by atoms with E-state index >= 15 is 0 Å². The van der Waals surface area contributed by atoms with Gasteiger partial charge in [0.25, 0.3) is 0 Å². The van der Waals surface area contributed by atoms with Crippen molar-refractivity contribution in [2.45, 2.75) is 347 Å². The molecule has 0 saturated carbocycles. The standard InChI is InChI=1S/C60H117NO5/c1-3-5-7-9-11-13-14-15-16-17-21-25-28-31-34-38-42-46-50-54-60(65)66-55-51-47-43-39-35-32-29-26-23-20-18-19-22-24-27-30-33-37-41-45-49-53-59(64)61-57(56-62)58(63)52-48-44-40-36-12-10-8-6-4-2/h15-16,57-58,62-63H,3-14,17-56H2,1-2H3,(H,61,64)/b16-15-. The molecule has 0 radical (unpaired) electrons. The van der Waals surface area contributed by atoms with Crippen LogP contribution in [0.2, 0.25) is 0 Å². The maximum absolute atomic E-state index is 12.4. The number of esters is 1. The lowest BCUT2D eigenvalue weighted by molar-refractivity contribution is -0.143. The third-order valence-corrected chi connectivity index (χ3v) is 14.1. The van der Waals surface area contributed by atoms with Crippen molar-refractivity contribution in [1.82, 2.24) is 5.32 Å². The average Bonchev–Trinajstić information content (AvgIpc) is 3.32. The highest BCUT2D eigenvalue weighted by atomic mass is 16.5. The Labute approximate surface area is 412 Å².